The molecule has 2 amide bonds. The predicted octanol–water partition coefficient (Wildman–Crippen LogP) is 5.94. The standard InChI is InChI=1S/C30H37Cl2N3O3/c1-34(30(37)15-12-24-8-4-5-9-28(24)38-2)25-16-20-35(21-17-25)19-7-3-6-18-33-29(36)14-11-23-10-13-26(31)27(32)22-23/h4-5,8-15,22,25H,3,6-7,16-21H2,1-2H3,(H,33,36)/b14-11+,15-12+. The molecule has 2 aromatic rings. The van der Waals surface area contributed by atoms with Gasteiger partial charge in [0.2, 0.25) is 11.8 Å². The SMILES string of the molecule is COc1ccccc1/C=C/C(=O)N(C)C1CCN(CCCCCNC(=O)/C=C/c2ccc(Cl)c(Cl)c2)CC1. The molecule has 0 radical (unpaired) electrons. The van der Waals surface area contributed by atoms with E-state index in [2.05, 4.69) is 10.2 Å². The summed E-state index contributed by atoms with van der Waals surface area (Å²) in [4.78, 5) is 29.1. The summed E-state index contributed by atoms with van der Waals surface area (Å²) in [5.41, 5.74) is 1.73. The van der Waals surface area contributed by atoms with Crippen molar-refractivity contribution in [1.82, 2.24) is 15.1 Å². The van der Waals surface area contributed by atoms with Crippen LogP contribution in [0.25, 0.3) is 12.2 Å². The Bertz CT molecular complexity index is 1130. The topological polar surface area (TPSA) is 61.9 Å². The van der Waals surface area contributed by atoms with Crippen LogP contribution in [0.1, 0.15) is 43.2 Å². The number of hydrogen-bond acceptors (Lipinski definition) is 4. The van der Waals surface area contributed by atoms with Gasteiger partial charge in [-0.25, -0.2) is 0 Å². The highest BCUT2D eigenvalue weighted by atomic mass is 35.5. The minimum atomic E-state index is -0.116. The van der Waals surface area contributed by atoms with Crippen LogP contribution in [0, 0.1) is 0 Å². The number of para-hydroxylation sites is 1. The summed E-state index contributed by atoms with van der Waals surface area (Å²) in [6.45, 7) is 3.69. The maximum atomic E-state index is 12.7. The molecule has 1 aliphatic rings. The van der Waals surface area contributed by atoms with Crippen molar-refractivity contribution in [3.63, 3.8) is 0 Å². The first-order valence-electron chi connectivity index (χ1n) is 13.1. The van der Waals surface area contributed by atoms with Gasteiger partial charge in [0.25, 0.3) is 0 Å². The molecule has 1 aliphatic heterocycles. The highest BCUT2D eigenvalue weighted by Gasteiger charge is 2.24. The molecule has 3 rings (SSSR count). The summed E-state index contributed by atoms with van der Waals surface area (Å²) < 4.78 is 5.35. The van der Waals surface area contributed by atoms with E-state index in [-0.39, 0.29) is 17.9 Å². The number of nitrogens with zero attached hydrogens (tertiary/aromatic N) is 2. The zero-order valence-electron chi connectivity index (χ0n) is 22.2. The number of unbranched alkanes of at least 4 members (excludes halogenated alkanes) is 2. The van der Waals surface area contributed by atoms with Gasteiger partial charge in [-0.15, -0.1) is 0 Å². The molecular formula is C30H37Cl2N3O3. The molecule has 1 N–H and O–H groups in total. The van der Waals surface area contributed by atoms with Crippen molar-refractivity contribution in [2.75, 3.05) is 40.3 Å². The van der Waals surface area contributed by atoms with Crippen LogP contribution in [0.4, 0.5) is 0 Å². The monoisotopic (exact) mass is 557 g/mol. The van der Waals surface area contributed by atoms with E-state index in [1.54, 1.807) is 31.4 Å². The van der Waals surface area contributed by atoms with E-state index in [1.165, 1.54) is 6.08 Å². The van der Waals surface area contributed by atoms with Crippen molar-refractivity contribution in [3.8, 4) is 5.75 Å². The lowest BCUT2D eigenvalue weighted by molar-refractivity contribution is -0.127. The molecule has 6 nitrogen and oxygen atoms in total. The molecule has 1 heterocycles. The fourth-order valence-electron chi connectivity index (χ4n) is 4.49. The molecule has 8 heteroatoms. The Hall–Kier alpha value is -2.80. The summed E-state index contributed by atoms with van der Waals surface area (Å²) in [6, 6.07) is 13.2. The van der Waals surface area contributed by atoms with E-state index in [1.807, 2.05) is 48.4 Å². The van der Waals surface area contributed by atoms with Crippen molar-refractivity contribution in [2.45, 2.75) is 38.1 Å². The van der Waals surface area contributed by atoms with E-state index in [0.29, 0.717) is 16.6 Å². The first kappa shape index (κ1) is 29.8. The van der Waals surface area contributed by atoms with Gasteiger partial charge in [0.1, 0.15) is 5.75 Å². The Labute approximate surface area is 236 Å². The molecular weight excluding hydrogens is 521 g/mol. The van der Waals surface area contributed by atoms with Gasteiger partial charge in [-0.3, -0.25) is 9.59 Å². The van der Waals surface area contributed by atoms with Gasteiger partial charge in [0, 0.05) is 50.4 Å². The number of benzene rings is 2. The summed E-state index contributed by atoms with van der Waals surface area (Å²) in [5.74, 6) is 0.657. The third-order valence-corrected chi connectivity index (χ3v) is 7.56. The van der Waals surface area contributed by atoms with Crippen LogP contribution in [0.3, 0.4) is 0 Å². The molecule has 2 aromatic carbocycles. The van der Waals surface area contributed by atoms with Gasteiger partial charge >= 0.3 is 0 Å². The number of halogens is 2. The van der Waals surface area contributed by atoms with Gasteiger partial charge in [0.05, 0.1) is 17.2 Å². The van der Waals surface area contributed by atoms with Crippen LogP contribution in [0.15, 0.2) is 54.6 Å². The lowest BCUT2D eigenvalue weighted by atomic mass is 10.0. The highest BCUT2D eigenvalue weighted by Crippen LogP contribution is 2.23. The van der Waals surface area contributed by atoms with Crippen molar-refractivity contribution in [1.29, 1.82) is 0 Å². The zero-order valence-corrected chi connectivity index (χ0v) is 23.7. The second-order valence-electron chi connectivity index (χ2n) is 9.46. The fraction of sp³-hybridized carbons (Fsp3) is 0.400. The summed E-state index contributed by atoms with van der Waals surface area (Å²) in [7, 11) is 3.52. The number of piperidine rings is 1. The van der Waals surface area contributed by atoms with Crippen LogP contribution in [0.5, 0.6) is 5.75 Å². The predicted molar refractivity (Wildman–Crippen MR) is 157 cm³/mol. The largest absolute Gasteiger partial charge is 0.496 e. The normalized spacial score (nSPS) is 14.7. The smallest absolute Gasteiger partial charge is 0.246 e. The third-order valence-electron chi connectivity index (χ3n) is 6.82. The van der Waals surface area contributed by atoms with Crippen molar-refractivity contribution in [2.24, 2.45) is 0 Å². The number of methoxy groups -OCH3 is 1. The number of hydrogen-bond donors (Lipinski definition) is 1. The van der Waals surface area contributed by atoms with Crippen LogP contribution >= 0.6 is 23.2 Å². The Morgan fingerprint density at radius 3 is 2.53 bits per heavy atom. The van der Waals surface area contributed by atoms with Gasteiger partial charge in [-0.2, -0.15) is 0 Å². The lowest BCUT2D eigenvalue weighted by Gasteiger charge is -2.36. The molecule has 0 unspecified atom stereocenters. The minimum Gasteiger partial charge on any atom is -0.496 e. The van der Waals surface area contributed by atoms with E-state index in [9.17, 15) is 9.59 Å². The number of ether oxygens (including phenoxy) is 1. The molecule has 0 bridgehead atoms. The van der Waals surface area contributed by atoms with Gasteiger partial charge < -0.3 is 19.9 Å². The quantitative estimate of drug-likeness (QED) is 0.259. The lowest BCUT2D eigenvalue weighted by Crippen LogP contribution is -2.45. The number of carbonyl (C=O) groups excluding carboxylic acids is 2. The van der Waals surface area contributed by atoms with E-state index in [4.69, 9.17) is 27.9 Å². The Morgan fingerprint density at radius 1 is 1.03 bits per heavy atom. The molecule has 204 valence electrons. The molecule has 1 saturated heterocycles. The van der Waals surface area contributed by atoms with Crippen LogP contribution < -0.4 is 10.1 Å². The minimum absolute atomic E-state index is 0.0169. The maximum absolute atomic E-state index is 12.7. The molecule has 1 fully saturated rings. The number of nitrogens with one attached hydrogen (secondary N) is 1. The van der Waals surface area contributed by atoms with Crippen LogP contribution in [-0.4, -0.2) is 68.0 Å². The Morgan fingerprint density at radius 2 is 1.79 bits per heavy atom. The number of amides is 2. The average Bonchev–Trinajstić information content (AvgIpc) is 2.94. The molecule has 0 saturated carbocycles. The molecule has 0 aromatic heterocycles. The zero-order chi connectivity index (χ0) is 27.3. The average molecular weight is 559 g/mol. The molecule has 0 aliphatic carbocycles. The van der Waals surface area contributed by atoms with Crippen molar-refractivity contribution >= 4 is 47.2 Å². The van der Waals surface area contributed by atoms with E-state index < -0.39 is 0 Å². The summed E-state index contributed by atoms with van der Waals surface area (Å²) in [6.07, 6.45) is 11.7. The summed E-state index contributed by atoms with van der Waals surface area (Å²) >= 11 is 11.9. The third kappa shape index (κ3) is 9.50. The van der Waals surface area contributed by atoms with E-state index in [0.717, 1.165) is 68.6 Å². The van der Waals surface area contributed by atoms with E-state index >= 15 is 0 Å². The number of carbonyl (C=O) groups is 2. The highest BCUT2D eigenvalue weighted by molar-refractivity contribution is 6.42. The first-order chi connectivity index (χ1) is 18.4. The van der Waals surface area contributed by atoms with Gasteiger partial charge in [-0.05, 0) is 68.1 Å². The first-order valence-corrected chi connectivity index (χ1v) is 13.8. The number of likely N-dealkylation sites (N-methyl/N-ethyl adjacent to an activating group) is 1. The second kappa shape index (κ2) is 15.6. The van der Waals surface area contributed by atoms with Gasteiger partial charge in [0.15, 0.2) is 0 Å². The molecule has 0 atom stereocenters. The second-order valence-corrected chi connectivity index (χ2v) is 10.3. The fourth-order valence-corrected chi connectivity index (χ4v) is 4.80. The maximum Gasteiger partial charge on any atom is 0.246 e. The number of likely N-dealkylation sites (tertiary alicyclic amines) is 1. The molecule has 38 heavy (non-hydrogen) atoms. The Kier molecular flexibility index (Phi) is 12.2. The van der Waals surface area contributed by atoms with Crippen molar-refractivity contribution in [3.05, 3.63) is 75.8 Å². The molecule has 0 spiro atoms. The summed E-state index contributed by atoms with van der Waals surface area (Å²) in [5, 5.41) is 3.89. The van der Waals surface area contributed by atoms with Crippen LogP contribution in [-0.2, 0) is 9.59 Å². The Balaban J connectivity index is 1.27. The van der Waals surface area contributed by atoms with Crippen LogP contribution in [0.2, 0.25) is 10.0 Å². The van der Waals surface area contributed by atoms with Gasteiger partial charge in [-0.1, -0.05) is 53.9 Å². The van der Waals surface area contributed by atoms with Crippen molar-refractivity contribution < 1.29 is 14.3 Å². The number of rotatable bonds is 12.